The summed E-state index contributed by atoms with van der Waals surface area (Å²) in [5.41, 5.74) is 0. The molecule has 0 aromatic rings. The maximum atomic E-state index is 12.6. The van der Waals surface area contributed by atoms with E-state index in [4.69, 9.17) is 18.5 Å². The van der Waals surface area contributed by atoms with Crippen LogP contribution in [-0.4, -0.2) is 75.6 Å². The molecular weight excluding hydrogens is 685 g/mol. The minimum atomic E-state index is -4.27. The predicted octanol–water partition coefficient (Wildman–Crippen LogP) is 12.4. The highest BCUT2D eigenvalue weighted by atomic mass is 31.2. The zero-order valence-corrected chi connectivity index (χ0v) is 35.9. The number of phosphoric ester groups is 1. The lowest BCUT2D eigenvalue weighted by molar-refractivity contribution is -0.870. The maximum Gasteiger partial charge on any atom is 0.472 e. The van der Waals surface area contributed by atoms with Crippen LogP contribution in [0.3, 0.4) is 0 Å². The molecule has 0 saturated carbocycles. The zero-order chi connectivity index (χ0) is 39.1. The molecule has 0 aromatic heterocycles. The summed E-state index contributed by atoms with van der Waals surface area (Å²) >= 11 is 0. The van der Waals surface area contributed by atoms with Crippen LogP contribution >= 0.6 is 7.82 Å². The number of quaternary nitrogens is 1. The molecule has 310 valence electrons. The zero-order valence-electron chi connectivity index (χ0n) is 35.0. The van der Waals surface area contributed by atoms with Gasteiger partial charge in [0, 0.05) is 13.0 Å². The Hall–Kier alpha value is -1.54. The highest BCUT2D eigenvalue weighted by Gasteiger charge is 2.26. The average Bonchev–Trinajstić information content (AvgIpc) is 3.11. The van der Waals surface area contributed by atoms with Gasteiger partial charge in [0.1, 0.15) is 19.3 Å². The Kier molecular flexibility index (Phi) is 36.3. The molecule has 0 rings (SSSR count). The van der Waals surface area contributed by atoms with Gasteiger partial charge in [-0.25, -0.2) is 4.57 Å². The van der Waals surface area contributed by atoms with E-state index in [2.05, 4.69) is 62.5 Å². The third-order valence-corrected chi connectivity index (χ3v) is 9.89. The third-order valence-electron chi connectivity index (χ3n) is 8.90. The SMILES string of the molecule is CC/C=C\C/C=C\C/C=C\C/C=C\CCCCCCCCCCCOCC(COP(=O)(O)OCC[N+](C)(C)C)OC(=O)CCCCCCCCCCC. The van der Waals surface area contributed by atoms with E-state index in [0.29, 0.717) is 24.1 Å². The highest BCUT2D eigenvalue weighted by molar-refractivity contribution is 7.47. The lowest BCUT2D eigenvalue weighted by Gasteiger charge is -2.24. The van der Waals surface area contributed by atoms with Gasteiger partial charge in [0.2, 0.25) is 0 Å². The van der Waals surface area contributed by atoms with Crippen LogP contribution in [0.5, 0.6) is 0 Å². The second kappa shape index (κ2) is 37.4. The fraction of sp³-hybridized carbons (Fsp3) is 0.795. The van der Waals surface area contributed by atoms with Crippen LogP contribution in [0.2, 0.25) is 0 Å². The molecule has 0 fully saturated rings. The fourth-order valence-electron chi connectivity index (χ4n) is 5.60. The second-order valence-electron chi connectivity index (χ2n) is 15.3. The summed E-state index contributed by atoms with van der Waals surface area (Å²) in [6.45, 7) is 5.47. The van der Waals surface area contributed by atoms with Crippen molar-refractivity contribution in [2.75, 3.05) is 54.1 Å². The first-order valence-corrected chi connectivity index (χ1v) is 22.9. The van der Waals surface area contributed by atoms with Crippen molar-refractivity contribution in [1.82, 2.24) is 0 Å². The molecule has 0 radical (unpaired) electrons. The number of carbonyl (C=O) groups excluding carboxylic acids is 1. The second-order valence-corrected chi connectivity index (χ2v) is 16.8. The summed E-state index contributed by atoms with van der Waals surface area (Å²) in [5.74, 6) is -0.321. The number of allylic oxidation sites excluding steroid dienone is 8. The van der Waals surface area contributed by atoms with Crippen molar-refractivity contribution in [3.63, 3.8) is 0 Å². The van der Waals surface area contributed by atoms with Gasteiger partial charge in [-0.15, -0.1) is 0 Å². The van der Waals surface area contributed by atoms with Gasteiger partial charge in [-0.1, -0.05) is 159 Å². The number of hydrogen-bond donors (Lipinski definition) is 1. The molecule has 0 saturated heterocycles. The third kappa shape index (κ3) is 41.5. The lowest BCUT2D eigenvalue weighted by atomic mass is 10.1. The van der Waals surface area contributed by atoms with Crippen molar-refractivity contribution in [2.45, 2.75) is 174 Å². The fourth-order valence-corrected chi connectivity index (χ4v) is 6.34. The summed E-state index contributed by atoms with van der Waals surface area (Å²) in [5, 5.41) is 0. The minimum absolute atomic E-state index is 0.0868. The number of phosphoric acid groups is 1. The molecule has 0 amide bonds. The Morgan fingerprint density at radius 2 is 1.09 bits per heavy atom. The monoisotopic (exact) mass is 769 g/mol. The van der Waals surface area contributed by atoms with Gasteiger partial charge in [0.15, 0.2) is 0 Å². The van der Waals surface area contributed by atoms with Gasteiger partial charge < -0.3 is 18.9 Å². The van der Waals surface area contributed by atoms with E-state index in [0.717, 1.165) is 57.8 Å². The molecule has 1 N–H and O–H groups in total. The molecule has 2 atom stereocenters. The molecule has 9 heteroatoms. The number of nitrogens with zero attached hydrogens (tertiary/aromatic N) is 1. The van der Waals surface area contributed by atoms with Crippen molar-refractivity contribution < 1.29 is 37.3 Å². The first-order valence-electron chi connectivity index (χ1n) is 21.4. The van der Waals surface area contributed by atoms with Crippen molar-refractivity contribution in [3.05, 3.63) is 48.6 Å². The largest absolute Gasteiger partial charge is 0.472 e. The van der Waals surface area contributed by atoms with Gasteiger partial charge in [-0.05, 0) is 51.4 Å². The smallest absolute Gasteiger partial charge is 0.457 e. The number of rotatable bonds is 39. The minimum Gasteiger partial charge on any atom is -0.457 e. The number of carbonyl (C=O) groups is 1. The van der Waals surface area contributed by atoms with E-state index >= 15 is 0 Å². The van der Waals surface area contributed by atoms with E-state index in [1.807, 2.05) is 21.1 Å². The van der Waals surface area contributed by atoms with E-state index < -0.39 is 13.9 Å². The summed E-state index contributed by atoms with van der Waals surface area (Å²) in [6.07, 6.45) is 44.3. The number of likely N-dealkylation sites (N-methyl/N-ethyl adjacent to an activating group) is 1. The normalized spacial score (nSPS) is 14.3. The standard InChI is InChI=1S/C44H82NO7P/c1-6-8-10-12-14-16-17-18-19-20-21-22-23-24-25-26-27-28-30-32-34-36-39-49-41-43(42-51-53(47,48)50-40-38-45(3,4)5)52-44(46)37-35-33-31-29-15-13-11-9-7-2/h8,10,14,16,18-19,21-22,43H,6-7,9,11-13,15,17,20,23-42H2,1-5H3/p+1/b10-8-,16-14-,19-18-,22-21-. The van der Waals surface area contributed by atoms with Gasteiger partial charge >= 0.3 is 13.8 Å². The van der Waals surface area contributed by atoms with Crippen LogP contribution in [0.4, 0.5) is 0 Å². The van der Waals surface area contributed by atoms with Crippen LogP contribution in [0.25, 0.3) is 0 Å². The van der Waals surface area contributed by atoms with Gasteiger partial charge in [-0.2, -0.15) is 0 Å². The van der Waals surface area contributed by atoms with E-state index in [1.54, 1.807) is 0 Å². The van der Waals surface area contributed by atoms with Crippen molar-refractivity contribution in [2.24, 2.45) is 0 Å². The molecule has 8 nitrogen and oxygen atoms in total. The number of hydrogen-bond acceptors (Lipinski definition) is 6. The molecule has 0 aliphatic rings. The van der Waals surface area contributed by atoms with E-state index in [1.165, 1.54) is 89.9 Å². The molecule has 0 aromatic carbocycles. The topological polar surface area (TPSA) is 91.3 Å². The molecular formula is C44H83NO7P+. The molecule has 0 aliphatic heterocycles. The molecule has 0 spiro atoms. The quantitative estimate of drug-likeness (QED) is 0.0219. The van der Waals surface area contributed by atoms with Gasteiger partial charge in [0.05, 0.1) is 34.4 Å². The predicted molar refractivity (Wildman–Crippen MR) is 224 cm³/mol. The first-order chi connectivity index (χ1) is 25.6. The summed E-state index contributed by atoms with van der Waals surface area (Å²) < 4.78 is 34.9. The van der Waals surface area contributed by atoms with Crippen LogP contribution in [0, 0.1) is 0 Å². The Labute approximate surface area is 327 Å². The van der Waals surface area contributed by atoms with Gasteiger partial charge in [0.25, 0.3) is 0 Å². The van der Waals surface area contributed by atoms with E-state index in [-0.39, 0.29) is 25.8 Å². The van der Waals surface area contributed by atoms with Crippen molar-refractivity contribution in [3.8, 4) is 0 Å². The van der Waals surface area contributed by atoms with Crippen LogP contribution < -0.4 is 0 Å². The Balaban J connectivity index is 4.13. The molecule has 53 heavy (non-hydrogen) atoms. The van der Waals surface area contributed by atoms with Crippen LogP contribution in [-0.2, 0) is 27.9 Å². The Bertz CT molecular complexity index is 989. The average molecular weight is 769 g/mol. The van der Waals surface area contributed by atoms with Crippen LogP contribution in [0.1, 0.15) is 168 Å². The lowest BCUT2D eigenvalue weighted by Crippen LogP contribution is -2.37. The molecule has 0 aliphatic carbocycles. The highest BCUT2D eigenvalue weighted by Crippen LogP contribution is 2.43. The van der Waals surface area contributed by atoms with Crippen molar-refractivity contribution in [1.29, 1.82) is 0 Å². The Morgan fingerprint density at radius 1 is 0.604 bits per heavy atom. The molecule has 2 unspecified atom stereocenters. The summed E-state index contributed by atoms with van der Waals surface area (Å²) in [6, 6.07) is 0. The number of esters is 1. The number of unbranched alkanes of at least 4 members (excludes halogenated alkanes) is 17. The van der Waals surface area contributed by atoms with E-state index in [9.17, 15) is 14.3 Å². The van der Waals surface area contributed by atoms with Crippen molar-refractivity contribution >= 4 is 13.8 Å². The molecule has 0 heterocycles. The van der Waals surface area contributed by atoms with Gasteiger partial charge in [-0.3, -0.25) is 13.8 Å². The number of ether oxygens (including phenoxy) is 2. The maximum absolute atomic E-state index is 12.6. The summed E-state index contributed by atoms with van der Waals surface area (Å²) in [7, 11) is 1.66. The Morgan fingerprint density at radius 3 is 1.64 bits per heavy atom. The van der Waals surface area contributed by atoms with Crippen LogP contribution in [0.15, 0.2) is 48.6 Å². The first kappa shape index (κ1) is 51.5. The summed E-state index contributed by atoms with van der Waals surface area (Å²) in [4.78, 5) is 22.8. The molecule has 0 bridgehead atoms.